The van der Waals surface area contributed by atoms with E-state index in [0.29, 0.717) is 5.69 Å². The Labute approximate surface area is 97.7 Å². The zero-order valence-electron chi connectivity index (χ0n) is 9.06. The van der Waals surface area contributed by atoms with Gasteiger partial charge in [-0.2, -0.15) is 0 Å². The molecule has 0 aliphatic carbocycles. The van der Waals surface area contributed by atoms with E-state index in [4.69, 9.17) is 11.6 Å². The lowest BCUT2D eigenvalue weighted by Gasteiger charge is -2.06. The highest BCUT2D eigenvalue weighted by Crippen LogP contribution is 2.05. The first-order chi connectivity index (χ1) is 8.13. The molecule has 0 saturated heterocycles. The summed E-state index contributed by atoms with van der Waals surface area (Å²) >= 11 is 0. The Balaban J connectivity index is 2.43. The molecule has 0 radical (unpaired) electrons. The second-order valence-electron chi connectivity index (χ2n) is 3.12. The highest BCUT2D eigenvalue weighted by molar-refractivity contribution is 5.93. The van der Waals surface area contributed by atoms with Crippen molar-refractivity contribution in [3.05, 3.63) is 24.0 Å². The highest BCUT2D eigenvalue weighted by atomic mass is 16.2. The Bertz CT molecular complexity index is 408. The minimum Gasteiger partial charge on any atom is -0.352 e. The fraction of sp³-hybridized carbons (Fsp3) is 0.222. The summed E-state index contributed by atoms with van der Waals surface area (Å²) in [6.45, 7) is 0.527. The number of carbonyl (C=O) groups excluding carboxylic acids is 2. The van der Waals surface area contributed by atoms with Crippen molar-refractivity contribution in [2.45, 2.75) is 0 Å². The van der Waals surface area contributed by atoms with Crippen molar-refractivity contribution >= 4 is 17.6 Å². The molecule has 0 atom stereocenters. The van der Waals surface area contributed by atoms with Gasteiger partial charge in [0.2, 0.25) is 0 Å². The number of anilines is 1. The van der Waals surface area contributed by atoms with Gasteiger partial charge in [0.1, 0.15) is 5.69 Å². The van der Waals surface area contributed by atoms with Gasteiger partial charge in [0.15, 0.2) is 0 Å². The number of nitrogens with two attached hydrogens (primary N) is 2. The Hall–Kier alpha value is -2.35. The number of rotatable bonds is 5. The van der Waals surface area contributed by atoms with E-state index in [1.165, 1.54) is 12.3 Å². The van der Waals surface area contributed by atoms with Crippen LogP contribution in [0, 0.1) is 0 Å². The number of carbonyl (C=O) groups is 2. The Morgan fingerprint density at radius 1 is 1.29 bits per heavy atom. The van der Waals surface area contributed by atoms with Gasteiger partial charge in [-0.15, -0.1) is 0 Å². The number of nitrogen functional groups attached to an aromatic ring is 1. The molecule has 1 aromatic rings. The van der Waals surface area contributed by atoms with E-state index >= 15 is 0 Å². The molecule has 3 amide bonds. The van der Waals surface area contributed by atoms with E-state index in [0.717, 1.165) is 0 Å². The van der Waals surface area contributed by atoms with Crippen molar-refractivity contribution in [2.75, 3.05) is 18.5 Å². The first-order valence-electron chi connectivity index (χ1n) is 4.87. The van der Waals surface area contributed by atoms with Crippen LogP contribution in [0.25, 0.3) is 0 Å². The smallest absolute Gasteiger partial charge is 0.312 e. The highest BCUT2D eigenvalue weighted by Gasteiger charge is 2.06. The van der Waals surface area contributed by atoms with Gasteiger partial charge in [0.05, 0.1) is 5.69 Å². The van der Waals surface area contributed by atoms with Crippen molar-refractivity contribution in [2.24, 2.45) is 11.6 Å². The molecule has 92 valence electrons. The van der Waals surface area contributed by atoms with E-state index in [1.807, 2.05) is 0 Å². The van der Waals surface area contributed by atoms with Crippen molar-refractivity contribution in [1.82, 2.24) is 15.6 Å². The summed E-state index contributed by atoms with van der Waals surface area (Å²) in [5, 5.41) is 4.91. The van der Waals surface area contributed by atoms with Crippen molar-refractivity contribution in [3.63, 3.8) is 0 Å². The molecule has 0 spiro atoms. The second kappa shape index (κ2) is 6.28. The van der Waals surface area contributed by atoms with E-state index in [2.05, 4.69) is 21.0 Å². The van der Waals surface area contributed by atoms with Crippen LogP contribution in [-0.2, 0) is 0 Å². The Morgan fingerprint density at radius 3 is 2.65 bits per heavy atom. The van der Waals surface area contributed by atoms with Crippen LogP contribution >= 0.6 is 0 Å². The molecule has 1 heterocycles. The molecular formula is C9H14N6O2. The number of hydrogen-bond acceptors (Lipinski definition) is 5. The number of hydrazine groups is 1. The molecular weight excluding hydrogens is 224 g/mol. The molecule has 0 aliphatic rings. The summed E-state index contributed by atoms with van der Waals surface area (Å²) in [6, 6.07) is 2.51. The third-order valence-corrected chi connectivity index (χ3v) is 1.87. The molecule has 8 nitrogen and oxygen atoms in total. The van der Waals surface area contributed by atoms with Gasteiger partial charge >= 0.3 is 6.03 Å². The normalized spacial score (nSPS) is 9.47. The summed E-state index contributed by atoms with van der Waals surface area (Å²) in [6.07, 6.45) is 1.46. The fourth-order valence-electron chi connectivity index (χ4n) is 1.10. The number of aromatic nitrogens is 1. The van der Waals surface area contributed by atoms with Crippen molar-refractivity contribution in [1.29, 1.82) is 0 Å². The van der Waals surface area contributed by atoms with Gasteiger partial charge in [0, 0.05) is 19.3 Å². The third-order valence-electron chi connectivity index (χ3n) is 1.87. The van der Waals surface area contributed by atoms with E-state index < -0.39 is 6.03 Å². The molecule has 8 heteroatoms. The molecule has 0 aromatic carbocycles. The van der Waals surface area contributed by atoms with Crippen LogP contribution in [0.4, 0.5) is 10.5 Å². The predicted octanol–water partition coefficient (Wildman–Crippen LogP) is -1.23. The Kier molecular flexibility index (Phi) is 4.70. The lowest BCUT2D eigenvalue weighted by molar-refractivity contribution is 0.0949. The van der Waals surface area contributed by atoms with Crippen LogP contribution in [0.3, 0.4) is 0 Å². The van der Waals surface area contributed by atoms with Crippen molar-refractivity contribution < 1.29 is 9.59 Å². The average molecular weight is 238 g/mol. The molecule has 17 heavy (non-hydrogen) atoms. The van der Waals surface area contributed by atoms with Gasteiger partial charge in [-0.3, -0.25) is 15.6 Å². The molecule has 7 N–H and O–H groups in total. The van der Waals surface area contributed by atoms with Gasteiger partial charge in [-0.05, 0) is 12.1 Å². The predicted molar refractivity (Wildman–Crippen MR) is 62.0 cm³/mol. The maximum Gasteiger partial charge on any atom is 0.312 e. The average Bonchev–Trinajstić information content (AvgIpc) is 2.34. The fourth-order valence-corrected chi connectivity index (χ4v) is 1.10. The molecule has 0 saturated carbocycles. The molecule has 0 bridgehead atoms. The number of amides is 3. The van der Waals surface area contributed by atoms with Crippen molar-refractivity contribution in [3.8, 4) is 0 Å². The van der Waals surface area contributed by atoms with Crippen LogP contribution in [0.1, 0.15) is 10.5 Å². The summed E-state index contributed by atoms with van der Waals surface area (Å²) < 4.78 is 0. The zero-order valence-corrected chi connectivity index (χ0v) is 9.06. The maximum atomic E-state index is 11.6. The first-order valence-corrected chi connectivity index (χ1v) is 4.87. The largest absolute Gasteiger partial charge is 0.352 e. The second-order valence-corrected chi connectivity index (χ2v) is 3.12. The van der Waals surface area contributed by atoms with E-state index in [-0.39, 0.29) is 24.7 Å². The zero-order chi connectivity index (χ0) is 12.7. The van der Waals surface area contributed by atoms with Crippen LogP contribution in [-0.4, -0.2) is 30.0 Å². The number of nitrogens with one attached hydrogen (secondary N) is 3. The summed E-state index contributed by atoms with van der Waals surface area (Å²) in [7, 11) is 0. The van der Waals surface area contributed by atoms with Gasteiger partial charge in [-0.25, -0.2) is 4.79 Å². The number of urea groups is 1. The van der Waals surface area contributed by atoms with Gasteiger partial charge in [0.25, 0.3) is 5.91 Å². The number of nitrogens with zero attached hydrogens (tertiary/aromatic N) is 1. The lowest BCUT2D eigenvalue weighted by Crippen LogP contribution is -2.37. The topological polar surface area (TPSA) is 135 Å². The van der Waals surface area contributed by atoms with E-state index in [1.54, 1.807) is 6.07 Å². The van der Waals surface area contributed by atoms with Crippen LogP contribution in [0.5, 0.6) is 0 Å². The van der Waals surface area contributed by atoms with Crippen LogP contribution in [0.15, 0.2) is 18.3 Å². The minimum absolute atomic E-state index is 0.236. The number of hydrogen-bond donors (Lipinski definition) is 5. The molecule has 0 unspecified atom stereocenters. The van der Waals surface area contributed by atoms with Crippen LogP contribution in [0.2, 0.25) is 0 Å². The van der Waals surface area contributed by atoms with Crippen LogP contribution < -0.4 is 27.6 Å². The van der Waals surface area contributed by atoms with Gasteiger partial charge < -0.3 is 21.8 Å². The SMILES string of the molecule is NNc1ccnc(C(=O)NCCNC(N)=O)c1. The quantitative estimate of drug-likeness (QED) is 0.248. The molecule has 0 aliphatic heterocycles. The minimum atomic E-state index is -0.633. The monoisotopic (exact) mass is 238 g/mol. The van der Waals surface area contributed by atoms with Gasteiger partial charge in [-0.1, -0.05) is 0 Å². The summed E-state index contributed by atoms with van der Waals surface area (Å²) in [5.41, 5.74) is 8.09. The van der Waals surface area contributed by atoms with E-state index in [9.17, 15) is 9.59 Å². The number of pyridine rings is 1. The molecule has 1 aromatic heterocycles. The summed E-state index contributed by atoms with van der Waals surface area (Å²) in [4.78, 5) is 25.8. The Morgan fingerprint density at radius 2 is 2.00 bits per heavy atom. The molecule has 1 rings (SSSR count). The third kappa shape index (κ3) is 4.34. The molecule has 0 fully saturated rings. The lowest BCUT2D eigenvalue weighted by atomic mass is 10.3. The first kappa shape index (κ1) is 12.7. The summed E-state index contributed by atoms with van der Waals surface area (Å²) in [5.74, 6) is 4.85. The standard InChI is InChI=1S/C9H14N6O2/c10-9(17)14-4-3-13-8(16)7-5-6(15-11)1-2-12-7/h1-2,5H,3-4,11H2,(H,12,15)(H,13,16)(H3,10,14,17). The number of primary amides is 1. The maximum absolute atomic E-state index is 11.6.